The van der Waals surface area contributed by atoms with Crippen molar-refractivity contribution in [2.24, 2.45) is 0 Å². The summed E-state index contributed by atoms with van der Waals surface area (Å²) >= 11 is 5.63. The first kappa shape index (κ1) is 15.0. The number of methoxy groups -OCH3 is 1. The normalized spacial score (nSPS) is 11.4. The second-order valence-electron chi connectivity index (χ2n) is 5.07. The summed E-state index contributed by atoms with van der Waals surface area (Å²) in [6.45, 7) is 7.07. The molecule has 0 saturated heterocycles. The van der Waals surface area contributed by atoms with Gasteiger partial charge in [0, 0.05) is 12.7 Å². The standard InChI is InChI=1S/C14H19ClO3/c1-14(2,3)12-6-5-10(18-8-7-17-4)9-11(12)13(15)16/h5-6,9H,7-8H2,1-4H3. The van der Waals surface area contributed by atoms with E-state index in [1.807, 2.05) is 32.9 Å². The van der Waals surface area contributed by atoms with Crippen molar-refractivity contribution in [2.45, 2.75) is 26.2 Å². The quantitative estimate of drug-likeness (QED) is 0.608. The van der Waals surface area contributed by atoms with E-state index < -0.39 is 5.24 Å². The largest absolute Gasteiger partial charge is 0.491 e. The lowest BCUT2D eigenvalue weighted by molar-refractivity contribution is 0.107. The zero-order valence-electron chi connectivity index (χ0n) is 11.2. The minimum atomic E-state index is -0.461. The lowest BCUT2D eigenvalue weighted by Crippen LogP contribution is -2.16. The predicted molar refractivity (Wildman–Crippen MR) is 72.7 cm³/mol. The highest BCUT2D eigenvalue weighted by Gasteiger charge is 2.21. The van der Waals surface area contributed by atoms with Crippen molar-refractivity contribution in [3.8, 4) is 5.75 Å². The molecule has 3 nitrogen and oxygen atoms in total. The van der Waals surface area contributed by atoms with Crippen molar-refractivity contribution in [2.75, 3.05) is 20.3 Å². The maximum Gasteiger partial charge on any atom is 0.252 e. The van der Waals surface area contributed by atoms with Crippen LogP contribution in [0.2, 0.25) is 0 Å². The van der Waals surface area contributed by atoms with Crippen LogP contribution in [0, 0.1) is 0 Å². The van der Waals surface area contributed by atoms with Gasteiger partial charge in [-0.25, -0.2) is 0 Å². The second kappa shape index (κ2) is 6.21. The molecule has 0 aliphatic heterocycles. The molecule has 0 aromatic heterocycles. The van der Waals surface area contributed by atoms with Crippen molar-refractivity contribution in [1.82, 2.24) is 0 Å². The lowest BCUT2D eigenvalue weighted by Gasteiger charge is -2.22. The number of halogens is 1. The Morgan fingerprint density at radius 3 is 2.44 bits per heavy atom. The first-order chi connectivity index (χ1) is 8.36. The Morgan fingerprint density at radius 1 is 1.28 bits per heavy atom. The van der Waals surface area contributed by atoms with Crippen molar-refractivity contribution >= 4 is 16.8 Å². The van der Waals surface area contributed by atoms with Crippen molar-refractivity contribution in [3.63, 3.8) is 0 Å². The average molecular weight is 271 g/mol. The van der Waals surface area contributed by atoms with Gasteiger partial charge in [-0.3, -0.25) is 4.79 Å². The molecular weight excluding hydrogens is 252 g/mol. The monoisotopic (exact) mass is 270 g/mol. The molecule has 18 heavy (non-hydrogen) atoms. The van der Waals surface area contributed by atoms with Gasteiger partial charge in [-0.2, -0.15) is 0 Å². The molecule has 0 heterocycles. The number of rotatable bonds is 5. The van der Waals surface area contributed by atoms with Gasteiger partial charge in [0.15, 0.2) is 0 Å². The molecule has 100 valence electrons. The van der Waals surface area contributed by atoms with Gasteiger partial charge in [0.25, 0.3) is 5.24 Å². The fraction of sp³-hybridized carbons (Fsp3) is 0.500. The van der Waals surface area contributed by atoms with Crippen LogP contribution in [0.1, 0.15) is 36.7 Å². The molecule has 1 aromatic rings. The Bertz CT molecular complexity index is 422. The van der Waals surface area contributed by atoms with Crippen LogP contribution in [0.5, 0.6) is 5.75 Å². The topological polar surface area (TPSA) is 35.5 Å². The predicted octanol–water partition coefficient (Wildman–Crippen LogP) is 3.39. The summed E-state index contributed by atoms with van der Waals surface area (Å²) in [4.78, 5) is 11.5. The molecular formula is C14H19ClO3. The zero-order valence-corrected chi connectivity index (χ0v) is 12.0. The summed E-state index contributed by atoms with van der Waals surface area (Å²) in [6.07, 6.45) is 0. The van der Waals surface area contributed by atoms with Gasteiger partial charge < -0.3 is 9.47 Å². The Morgan fingerprint density at radius 2 is 1.94 bits per heavy atom. The smallest absolute Gasteiger partial charge is 0.252 e. The molecule has 0 unspecified atom stereocenters. The van der Waals surface area contributed by atoms with E-state index in [2.05, 4.69) is 0 Å². The van der Waals surface area contributed by atoms with Gasteiger partial charge in [-0.15, -0.1) is 0 Å². The molecule has 0 aliphatic carbocycles. The maximum absolute atomic E-state index is 11.5. The first-order valence-corrected chi connectivity index (χ1v) is 6.20. The van der Waals surface area contributed by atoms with E-state index in [1.54, 1.807) is 13.2 Å². The van der Waals surface area contributed by atoms with E-state index in [1.165, 1.54) is 0 Å². The molecule has 1 aromatic carbocycles. The van der Waals surface area contributed by atoms with E-state index in [0.717, 1.165) is 5.56 Å². The molecule has 0 radical (unpaired) electrons. The van der Waals surface area contributed by atoms with Crippen LogP contribution in [-0.2, 0) is 10.2 Å². The van der Waals surface area contributed by atoms with Gasteiger partial charge >= 0.3 is 0 Å². The summed E-state index contributed by atoms with van der Waals surface area (Å²) in [5.74, 6) is 0.629. The second-order valence-corrected chi connectivity index (χ2v) is 5.42. The summed E-state index contributed by atoms with van der Waals surface area (Å²) in [6, 6.07) is 5.42. The van der Waals surface area contributed by atoms with Crippen LogP contribution >= 0.6 is 11.6 Å². The Labute approximate surface area is 113 Å². The van der Waals surface area contributed by atoms with Gasteiger partial charge in [0.05, 0.1) is 6.61 Å². The van der Waals surface area contributed by atoms with Crippen LogP contribution in [0.15, 0.2) is 18.2 Å². The molecule has 0 fully saturated rings. The fourth-order valence-electron chi connectivity index (χ4n) is 1.67. The molecule has 1 rings (SSSR count). The molecule has 0 N–H and O–H groups in total. The number of benzene rings is 1. The molecule has 0 atom stereocenters. The highest BCUT2D eigenvalue weighted by molar-refractivity contribution is 6.68. The minimum absolute atomic E-state index is 0.134. The van der Waals surface area contributed by atoms with E-state index >= 15 is 0 Å². The van der Waals surface area contributed by atoms with Crippen LogP contribution in [0.4, 0.5) is 0 Å². The Balaban J connectivity index is 3.01. The highest BCUT2D eigenvalue weighted by atomic mass is 35.5. The maximum atomic E-state index is 11.5. The number of hydrogen-bond donors (Lipinski definition) is 0. The van der Waals surface area contributed by atoms with Gasteiger partial charge in [-0.1, -0.05) is 26.8 Å². The van der Waals surface area contributed by atoms with Crippen LogP contribution in [0.25, 0.3) is 0 Å². The van der Waals surface area contributed by atoms with Gasteiger partial charge in [0.1, 0.15) is 12.4 Å². The van der Waals surface area contributed by atoms with E-state index in [9.17, 15) is 4.79 Å². The number of hydrogen-bond acceptors (Lipinski definition) is 3. The summed E-state index contributed by atoms with van der Waals surface area (Å²) < 4.78 is 10.4. The van der Waals surface area contributed by atoms with Crippen LogP contribution in [0.3, 0.4) is 0 Å². The first-order valence-electron chi connectivity index (χ1n) is 5.82. The number of carbonyl (C=O) groups excluding carboxylic acids is 1. The minimum Gasteiger partial charge on any atom is -0.491 e. The molecule has 0 bridgehead atoms. The number of carbonyl (C=O) groups is 1. The third kappa shape index (κ3) is 4.00. The van der Waals surface area contributed by atoms with Crippen LogP contribution in [-0.4, -0.2) is 25.6 Å². The molecule has 0 amide bonds. The van der Waals surface area contributed by atoms with Gasteiger partial charge in [-0.05, 0) is 34.7 Å². The van der Waals surface area contributed by atoms with E-state index in [4.69, 9.17) is 21.1 Å². The molecule has 4 heteroatoms. The molecule has 0 aliphatic rings. The fourth-order valence-corrected chi connectivity index (χ4v) is 1.83. The Hall–Kier alpha value is -1.06. The van der Waals surface area contributed by atoms with E-state index in [0.29, 0.717) is 24.5 Å². The zero-order chi connectivity index (χ0) is 13.8. The summed E-state index contributed by atoms with van der Waals surface area (Å²) in [5.41, 5.74) is 1.28. The van der Waals surface area contributed by atoms with Crippen molar-refractivity contribution in [3.05, 3.63) is 29.3 Å². The lowest BCUT2D eigenvalue weighted by atomic mass is 9.84. The van der Waals surface area contributed by atoms with E-state index in [-0.39, 0.29) is 5.41 Å². The third-order valence-corrected chi connectivity index (χ3v) is 2.77. The highest BCUT2D eigenvalue weighted by Crippen LogP contribution is 2.29. The summed E-state index contributed by atoms with van der Waals surface area (Å²) in [5, 5.41) is -0.461. The number of ether oxygens (including phenoxy) is 2. The molecule has 0 spiro atoms. The average Bonchev–Trinajstić information content (AvgIpc) is 2.27. The third-order valence-electron chi connectivity index (χ3n) is 2.57. The van der Waals surface area contributed by atoms with Gasteiger partial charge in [0.2, 0.25) is 0 Å². The SMILES string of the molecule is COCCOc1ccc(C(C)(C)C)c(C(=O)Cl)c1. The summed E-state index contributed by atoms with van der Waals surface area (Å²) in [7, 11) is 1.61. The Kier molecular flexibility index (Phi) is 5.17. The van der Waals surface area contributed by atoms with Crippen molar-refractivity contribution in [1.29, 1.82) is 0 Å². The van der Waals surface area contributed by atoms with Crippen LogP contribution < -0.4 is 4.74 Å². The molecule has 0 saturated carbocycles. The van der Waals surface area contributed by atoms with Crippen molar-refractivity contribution < 1.29 is 14.3 Å².